The van der Waals surface area contributed by atoms with E-state index in [-0.39, 0.29) is 23.8 Å². The van der Waals surface area contributed by atoms with E-state index in [0.717, 1.165) is 32.2 Å². The molecule has 17 heavy (non-hydrogen) atoms. The van der Waals surface area contributed by atoms with E-state index in [1.165, 1.54) is 0 Å². The van der Waals surface area contributed by atoms with Crippen LogP contribution in [0.5, 0.6) is 0 Å². The predicted molar refractivity (Wildman–Crippen MR) is 66.0 cm³/mol. The van der Waals surface area contributed by atoms with E-state index in [9.17, 15) is 9.59 Å². The summed E-state index contributed by atoms with van der Waals surface area (Å²) in [7, 11) is 0. The molecule has 1 fully saturated rings. The highest BCUT2D eigenvalue weighted by molar-refractivity contribution is 5.80. The van der Waals surface area contributed by atoms with E-state index in [1.54, 1.807) is 4.90 Å². The van der Waals surface area contributed by atoms with Gasteiger partial charge in [-0.05, 0) is 19.3 Å². The summed E-state index contributed by atoms with van der Waals surface area (Å²) < 4.78 is 0. The van der Waals surface area contributed by atoms with E-state index in [1.807, 2.05) is 6.92 Å². The van der Waals surface area contributed by atoms with Gasteiger partial charge in [0.25, 0.3) is 0 Å². The van der Waals surface area contributed by atoms with Crippen molar-refractivity contribution < 1.29 is 9.59 Å². The minimum Gasteiger partial charge on any atom is -0.369 e. The van der Waals surface area contributed by atoms with Crippen molar-refractivity contribution in [2.45, 2.75) is 45.1 Å². The quantitative estimate of drug-likeness (QED) is 0.722. The molecule has 5 heteroatoms. The third-order valence-electron chi connectivity index (χ3n) is 3.27. The Kier molecular flexibility index (Phi) is 5.41. The first kappa shape index (κ1) is 14.0. The molecule has 0 bridgehead atoms. The van der Waals surface area contributed by atoms with E-state index in [0.29, 0.717) is 13.0 Å². The average molecular weight is 241 g/mol. The van der Waals surface area contributed by atoms with Gasteiger partial charge in [-0.25, -0.2) is 0 Å². The molecule has 2 unspecified atom stereocenters. The van der Waals surface area contributed by atoms with E-state index in [4.69, 9.17) is 11.5 Å². The summed E-state index contributed by atoms with van der Waals surface area (Å²) in [5, 5.41) is 0. The van der Waals surface area contributed by atoms with Crippen LogP contribution in [0.1, 0.15) is 39.0 Å². The first-order valence-corrected chi connectivity index (χ1v) is 6.37. The highest BCUT2D eigenvalue weighted by Crippen LogP contribution is 2.17. The Bertz CT molecular complexity index is 281. The largest absolute Gasteiger partial charge is 0.369 e. The van der Waals surface area contributed by atoms with Gasteiger partial charge in [-0.2, -0.15) is 0 Å². The fourth-order valence-electron chi connectivity index (χ4n) is 2.26. The lowest BCUT2D eigenvalue weighted by Crippen LogP contribution is -2.45. The maximum Gasteiger partial charge on any atom is 0.224 e. The summed E-state index contributed by atoms with van der Waals surface area (Å²) in [6.45, 7) is 3.24. The molecule has 0 aromatic rings. The zero-order valence-electron chi connectivity index (χ0n) is 10.5. The number of carbonyl (C=O) groups excluding carboxylic acids is 2. The zero-order chi connectivity index (χ0) is 12.8. The number of amides is 2. The van der Waals surface area contributed by atoms with Crippen LogP contribution >= 0.6 is 0 Å². The minimum absolute atomic E-state index is 0.0527. The van der Waals surface area contributed by atoms with Crippen molar-refractivity contribution in [3.05, 3.63) is 0 Å². The highest BCUT2D eigenvalue weighted by Gasteiger charge is 2.27. The van der Waals surface area contributed by atoms with Crippen LogP contribution in [0.2, 0.25) is 0 Å². The van der Waals surface area contributed by atoms with Crippen molar-refractivity contribution in [2.75, 3.05) is 13.1 Å². The fourth-order valence-corrected chi connectivity index (χ4v) is 2.26. The molecule has 2 atom stereocenters. The van der Waals surface area contributed by atoms with E-state index >= 15 is 0 Å². The molecule has 2 amide bonds. The van der Waals surface area contributed by atoms with Gasteiger partial charge < -0.3 is 16.4 Å². The Morgan fingerprint density at radius 3 is 2.76 bits per heavy atom. The second kappa shape index (κ2) is 6.59. The Morgan fingerprint density at radius 2 is 2.18 bits per heavy atom. The number of hydrogen-bond acceptors (Lipinski definition) is 3. The molecule has 1 saturated heterocycles. The normalized spacial score (nSPS) is 22.2. The number of nitrogens with zero attached hydrogens (tertiary/aromatic N) is 1. The molecule has 0 saturated carbocycles. The van der Waals surface area contributed by atoms with Crippen molar-refractivity contribution in [1.29, 1.82) is 0 Å². The topological polar surface area (TPSA) is 89.4 Å². The lowest BCUT2D eigenvalue weighted by Gasteiger charge is -2.31. The molecule has 5 nitrogen and oxygen atoms in total. The number of primary amides is 1. The highest BCUT2D eigenvalue weighted by atomic mass is 16.2. The Hall–Kier alpha value is -1.10. The predicted octanol–water partition coefficient (Wildman–Crippen LogP) is 0.228. The molecule has 0 aliphatic carbocycles. The summed E-state index contributed by atoms with van der Waals surface area (Å²) >= 11 is 0. The van der Waals surface area contributed by atoms with Crippen molar-refractivity contribution in [2.24, 2.45) is 17.4 Å². The number of nitrogens with two attached hydrogens (primary N) is 2. The fraction of sp³-hybridized carbons (Fsp3) is 0.833. The van der Waals surface area contributed by atoms with Gasteiger partial charge in [-0.3, -0.25) is 9.59 Å². The standard InChI is InChI=1S/C12H23N3O2/c1-2-4-10(13)7-11(16)15-6-3-5-9(8-15)12(14)17/h9-10H,2-8,13H2,1H3,(H2,14,17). The second-order valence-corrected chi connectivity index (χ2v) is 4.83. The Labute approximate surface area is 103 Å². The third kappa shape index (κ3) is 4.34. The van der Waals surface area contributed by atoms with Gasteiger partial charge in [-0.15, -0.1) is 0 Å². The van der Waals surface area contributed by atoms with Crippen molar-refractivity contribution in [1.82, 2.24) is 4.90 Å². The van der Waals surface area contributed by atoms with E-state index in [2.05, 4.69) is 0 Å². The second-order valence-electron chi connectivity index (χ2n) is 4.83. The van der Waals surface area contributed by atoms with Crippen molar-refractivity contribution >= 4 is 11.8 Å². The molecular formula is C12H23N3O2. The zero-order valence-corrected chi connectivity index (χ0v) is 10.5. The molecule has 0 aromatic carbocycles. The molecule has 4 N–H and O–H groups in total. The summed E-state index contributed by atoms with van der Waals surface area (Å²) in [6, 6.07) is -0.0681. The number of hydrogen-bond donors (Lipinski definition) is 2. The molecule has 0 spiro atoms. The number of piperidine rings is 1. The van der Waals surface area contributed by atoms with Crippen LogP contribution < -0.4 is 11.5 Å². The van der Waals surface area contributed by atoms with Gasteiger partial charge >= 0.3 is 0 Å². The average Bonchev–Trinajstić information content (AvgIpc) is 2.29. The molecule has 0 aromatic heterocycles. The number of likely N-dealkylation sites (tertiary alicyclic amines) is 1. The molecule has 1 rings (SSSR count). The lowest BCUT2D eigenvalue weighted by atomic mass is 9.97. The van der Waals surface area contributed by atoms with Crippen molar-refractivity contribution in [3.8, 4) is 0 Å². The van der Waals surface area contributed by atoms with Gasteiger partial charge in [-0.1, -0.05) is 13.3 Å². The first-order chi connectivity index (χ1) is 8.04. The smallest absolute Gasteiger partial charge is 0.224 e. The Balaban J connectivity index is 2.43. The molecule has 1 aliphatic heterocycles. The minimum atomic E-state index is -0.305. The first-order valence-electron chi connectivity index (χ1n) is 6.37. The lowest BCUT2D eigenvalue weighted by molar-refractivity contribution is -0.135. The summed E-state index contributed by atoms with van der Waals surface area (Å²) in [4.78, 5) is 24.8. The van der Waals surface area contributed by atoms with Gasteiger partial charge in [0, 0.05) is 25.6 Å². The van der Waals surface area contributed by atoms with Crippen molar-refractivity contribution in [3.63, 3.8) is 0 Å². The van der Waals surface area contributed by atoms with Crippen LogP contribution in [0.4, 0.5) is 0 Å². The van der Waals surface area contributed by atoms with Crippen LogP contribution in [0, 0.1) is 5.92 Å². The van der Waals surface area contributed by atoms with Gasteiger partial charge in [0.1, 0.15) is 0 Å². The van der Waals surface area contributed by atoms with Crippen LogP contribution in [-0.2, 0) is 9.59 Å². The third-order valence-corrected chi connectivity index (χ3v) is 3.27. The summed E-state index contributed by atoms with van der Waals surface area (Å²) in [5.74, 6) is -0.438. The molecule has 0 radical (unpaired) electrons. The maximum absolute atomic E-state index is 11.9. The van der Waals surface area contributed by atoms with Crippen LogP contribution in [-0.4, -0.2) is 35.8 Å². The molecular weight excluding hydrogens is 218 g/mol. The maximum atomic E-state index is 11.9. The monoisotopic (exact) mass is 241 g/mol. The number of carbonyl (C=O) groups is 2. The molecule has 98 valence electrons. The van der Waals surface area contributed by atoms with Gasteiger partial charge in [0.2, 0.25) is 11.8 Å². The van der Waals surface area contributed by atoms with Gasteiger partial charge in [0.15, 0.2) is 0 Å². The SMILES string of the molecule is CCCC(N)CC(=O)N1CCCC(C(N)=O)C1. The molecule has 1 heterocycles. The Morgan fingerprint density at radius 1 is 1.47 bits per heavy atom. The van der Waals surface area contributed by atoms with Crippen LogP contribution in [0.3, 0.4) is 0 Å². The summed E-state index contributed by atoms with van der Waals surface area (Å²) in [6.07, 6.45) is 3.86. The molecule has 1 aliphatic rings. The van der Waals surface area contributed by atoms with Crippen LogP contribution in [0.25, 0.3) is 0 Å². The number of rotatable bonds is 5. The summed E-state index contributed by atoms with van der Waals surface area (Å²) in [5.41, 5.74) is 11.1. The van der Waals surface area contributed by atoms with Crippen LogP contribution in [0.15, 0.2) is 0 Å². The van der Waals surface area contributed by atoms with Gasteiger partial charge in [0.05, 0.1) is 5.92 Å². The van der Waals surface area contributed by atoms with E-state index < -0.39 is 0 Å².